The molecule has 0 saturated heterocycles. The van der Waals surface area contributed by atoms with Gasteiger partial charge in [-0.25, -0.2) is 0 Å². The molecule has 1 aromatic carbocycles. The third kappa shape index (κ3) is 2.69. The first-order chi connectivity index (χ1) is 7.22. The lowest BCUT2D eigenvalue weighted by molar-refractivity contribution is -0.274. The fraction of sp³-hybridized carbons (Fsp3) is 0.125. The van der Waals surface area contributed by atoms with E-state index in [1.165, 1.54) is 0 Å². The van der Waals surface area contributed by atoms with Crippen LogP contribution in [0.5, 0.6) is 5.75 Å². The summed E-state index contributed by atoms with van der Waals surface area (Å²) in [7, 11) is 0. The van der Waals surface area contributed by atoms with Gasteiger partial charge in [-0.15, -0.1) is 13.2 Å². The van der Waals surface area contributed by atoms with Crippen molar-refractivity contribution in [3.63, 3.8) is 0 Å². The van der Waals surface area contributed by atoms with Crippen LogP contribution in [-0.4, -0.2) is 12.3 Å². The number of alkyl halides is 3. The number of ether oxygens (including phenoxy) is 1. The van der Waals surface area contributed by atoms with E-state index >= 15 is 0 Å². The number of amides is 1. The van der Waals surface area contributed by atoms with Gasteiger partial charge in [0.2, 0.25) is 0 Å². The highest BCUT2D eigenvalue weighted by molar-refractivity contribution is 6.35. The van der Waals surface area contributed by atoms with Crippen LogP contribution in [0.1, 0.15) is 10.4 Å². The van der Waals surface area contributed by atoms with Crippen molar-refractivity contribution in [2.75, 3.05) is 5.73 Å². The highest BCUT2D eigenvalue weighted by Gasteiger charge is 2.32. The quantitative estimate of drug-likeness (QED) is 0.792. The van der Waals surface area contributed by atoms with Gasteiger partial charge in [-0.05, 0) is 12.1 Å². The lowest BCUT2D eigenvalue weighted by atomic mass is 10.1. The summed E-state index contributed by atoms with van der Waals surface area (Å²) in [5, 5.41) is -0.506. The maximum atomic E-state index is 11.9. The number of carbonyl (C=O) groups is 1. The predicted molar refractivity (Wildman–Crippen MR) is 51.1 cm³/mol. The molecule has 0 bridgehead atoms. The maximum Gasteiger partial charge on any atom is 0.573 e. The second-order valence-corrected chi connectivity index (χ2v) is 3.13. The zero-order chi connectivity index (χ0) is 12.5. The highest BCUT2D eigenvalue weighted by Crippen LogP contribution is 2.35. The van der Waals surface area contributed by atoms with E-state index in [4.69, 9.17) is 23.1 Å². The van der Waals surface area contributed by atoms with E-state index in [1.54, 1.807) is 0 Å². The van der Waals surface area contributed by atoms with E-state index < -0.39 is 23.0 Å². The maximum absolute atomic E-state index is 11.9. The Morgan fingerprint density at radius 1 is 1.38 bits per heavy atom. The molecule has 0 aliphatic carbocycles. The number of rotatable bonds is 2. The average Bonchev–Trinajstić information content (AvgIpc) is 2.10. The number of hydrogen-bond donors (Lipinski definition) is 2. The fourth-order valence-corrected chi connectivity index (χ4v) is 1.19. The van der Waals surface area contributed by atoms with Crippen LogP contribution in [0, 0.1) is 0 Å². The number of anilines is 1. The second-order valence-electron chi connectivity index (χ2n) is 2.75. The monoisotopic (exact) mass is 254 g/mol. The summed E-state index contributed by atoms with van der Waals surface area (Å²) in [4.78, 5) is 10.8. The zero-order valence-electron chi connectivity index (χ0n) is 7.64. The van der Waals surface area contributed by atoms with Crippen molar-refractivity contribution < 1.29 is 22.7 Å². The molecule has 8 heteroatoms. The minimum absolute atomic E-state index is 0.167. The summed E-state index contributed by atoms with van der Waals surface area (Å²) in [5.41, 5.74) is 9.73. The van der Waals surface area contributed by atoms with E-state index in [9.17, 15) is 18.0 Å². The van der Waals surface area contributed by atoms with Gasteiger partial charge in [0.15, 0.2) is 0 Å². The van der Waals surface area contributed by atoms with Gasteiger partial charge in [-0.1, -0.05) is 11.6 Å². The summed E-state index contributed by atoms with van der Waals surface area (Å²) < 4.78 is 39.3. The van der Waals surface area contributed by atoms with Crippen LogP contribution < -0.4 is 16.2 Å². The number of nitrogen functional groups attached to an aromatic ring is 1. The molecule has 1 amide bonds. The van der Waals surface area contributed by atoms with E-state index in [0.717, 1.165) is 12.1 Å². The predicted octanol–water partition coefficient (Wildman–Crippen LogP) is 1.92. The molecular weight excluding hydrogens is 249 g/mol. The van der Waals surface area contributed by atoms with Crippen LogP contribution >= 0.6 is 11.6 Å². The molecule has 0 aromatic heterocycles. The third-order valence-corrected chi connectivity index (χ3v) is 2.03. The smallest absolute Gasteiger partial charge is 0.404 e. The number of carbonyl (C=O) groups excluding carboxylic acids is 1. The topological polar surface area (TPSA) is 78.3 Å². The Bertz CT molecular complexity index is 434. The van der Waals surface area contributed by atoms with Crippen LogP contribution in [0.4, 0.5) is 18.9 Å². The zero-order valence-corrected chi connectivity index (χ0v) is 8.39. The van der Waals surface area contributed by atoms with Gasteiger partial charge >= 0.3 is 6.36 Å². The Kier molecular flexibility index (Phi) is 3.18. The van der Waals surface area contributed by atoms with Gasteiger partial charge in [0.1, 0.15) is 10.8 Å². The van der Waals surface area contributed by atoms with E-state index in [1.807, 2.05) is 0 Å². The van der Waals surface area contributed by atoms with Crippen LogP contribution in [0.3, 0.4) is 0 Å². The average molecular weight is 255 g/mol. The van der Waals surface area contributed by atoms with E-state index in [0.29, 0.717) is 0 Å². The van der Waals surface area contributed by atoms with Gasteiger partial charge in [0.05, 0.1) is 11.3 Å². The Morgan fingerprint density at radius 2 is 1.94 bits per heavy atom. The second kappa shape index (κ2) is 4.09. The number of benzene rings is 1. The van der Waals surface area contributed by atoms with Gasteiger partial charge in [0, 0.05) is 0 Å². The number of hydrogen-bond acceptors (Lipinski definition) is 3. The van der Waals surface area contributed by atoms with Crippen molar-refractivity contribution in [2.45, 2.75) is 6.36 Å². The van der Waals surface area contributed by atoms with Gasteiger partial charge in [0.25, 0.3) is 5.91 Å². The first-order valence-electron chi connectivity index (χ1n) is 3.86. The first kappa shape index (κ1) is 12.4. The number of halogens is 4. The van der Waals surface area contributed by atoms with Crippen molar-refractivity contribution in [3.05, 3.63) is 22.7 Å². The van der Waals surface area contributed by atoms with Crippen LogP contribution in [0.15, 0.2) is 12.1 Å². The largest absolute Gasteiger partial charge is 0.573 e. The molecule has 0 saturated carbocycles. The van der Waals surface area contributed by atoms with Crippen molar-refractivity contribution in [3.8, 4) is 5.75 Å². The lowest BCUT2D eigenvalue weighted by Crippen LogP contribution is -2.19. The summed E-state index contributed by atoms with van der Waals surface area (Å²) in [6.45, 7) is 0. The number of nitrogens with two attached hydrogens (primary N) is 2. The Labute approximate surface area is 92.9 Å². The lowest BCUT2D eigenvalue weighted by Gasteiger charge is -2.12. The molecule has 4 nitrogen and oxygen atoms in total. The fourth-order valence-electron chi connectivity index (χ4n) is 0.991. The molecule has 1 rings (SSSR count). The Balaban J connectivity index is 3.17. The van der Waals surface area contributed by atoms with Crippen LogP contribution in [0.25, 0.3) is 0 Å². The molecule has 0 aliphatic rings. The van der Waals surface area contributed by atoms with Crippen LogP contribution in [0.2, 0.25) is 5.02 Å². The Hall–Kier alpha value is -1.63. The molecule has 0 unspecified atom stereocenters. The normalized spacial score (nSPS) is 11.2. The molecule has 16 heavy (non-hydrogen) atoms. The minimum atomic E-state index is -4.88. The molecule has 0 atom stereocenters. The molecule has 0 fully saturated rings. The van der Waals surface area contributed by atoms with Gasteiger partial charge in [-0.3, -0.25) is 4.79 Å². The molecule has 0 heterocycles. The first-order valence-corrected chi connectivity index (χ1v) is 4.23. The molecule has 0 radical (unpaired) electrons. The summed E-state index contributed by atoms with van der Waals surface area (Å²) in [6.07, 6.45) is -4.88. The van der Waals surface area contributed by atoms with Crippen molar-refractivity contribution in [1.29, 1.82) is 0 Å². The van der Waals surface area contributed by atoms with Crippen molar-refractivity contribution in [2.24, 2.45) is 5.73 Å². The highest BCUT2D eigenvalue weighted by atomic mass is 35.5. The van der Waals surface area contributed by atoms with Crippen molar-refractivity contribution >= 4 is 23.2 Å². The molecular formula is C8H6ClF3N2O2. The SMILES string of the molecule is NC(=O)c1ccc(OC(F)(F)F)c(Cl)c1N. The number of primary amides is 1. The Morgan fingerprint density at radius 3 is 2.38 bits per heavy atom. The van der Waals surface area contributed by atoms with Gasteiger partial charge < -0.3 is 16.2 Å². The molecule has 88 valence electrons. The molecule has 0 spiro atoms. The molecule has 1 aromatic rings. The molecule has 4 N–H and O–H groups in total. The van der Waals surface area contributed by atoms with Gasteiger partial charge in [-0.2, -0.15) is 0 Å². The van der Waals surface area contributed by atoms with Crippen molar-refractivity contribution in [1.82, 2.24) is 0 Å². The summed E-state index contributed by atoms with van der Waals surface area (Å²) in [6, 6.07) is 1.87. The third-order valence-electron chi connectivity index (χ3n) is 1.64. The van der Waals surface area contributed by atoms with E-state index in [-0.39, 0.29) is 11.3 Å². The van der Waals surface area contributed by atoms with E-state index in [2.05, 4.69) is 4.74 Å². The minimum Gasteiger partial charge on any atom is -0.404 e. The summed E-state index contributed by atoms with van der Waals surface area (Å²) >= 11 is 5.49. The molecule has 0 aliphatic heterocycles. The summed E-state index contributed by atoms with van der Waals surface area (Å²) in [5.74, 6) is -1.57. The van der Waals surface area contributed by atoms with Crippen LogP contribution in [-0.2, 0) is 0 Å². The standard InChI is InChI=1S/C8H6ClF3N2O2/c9-5-4(16-8(10,11)12)2-1-3(6(5)13)7(14)15/h1-2H,13H2,(H2,14,15).